The van der Waals surface area contributed by atoms with E-state index in [1.54, 1.807) is 21.7 Å². The number of aliphatic carboxylic acids is 1. The van der Waals surface area contributed by atoms with Crippen molar-refractivity contribution in [1.82, 2.24) is 14.7 Å². The minimum atomic E-state index is -1.38. The summed E-state index contributed by atoms with van der Waals surface area (Å²) in [7, 11) is 1.81. The number of aliphatic hydroxyl groups is 2. The molecule has 10 heteroatoms. The zero-order chi connectivity index (χ0) is 25.7. The molecule has 1 aromatic heterocycles. The quantitative estimate of drug-likeness (QED) is 0.387. The van der Waals surface area contributed by atoms with Crippen LogP contribution in [0.25, 0.3) is 5.69 Å². The van der Waals surface area contributed by atoms with E-state index in [2.05, 4.69) is 5.10 Å². The van der Waals surface area contributed by atoms with Crippen LogP contribution < -0.4 is 34.7 Å². The average Bonchev–Trinajstić information content (AvgIpc) is 3.45. The molecule has 2 atom stereocenters. The zero-order valence-corrected chi connectivity index (χ0v) is 23.6. The molecule has 0 radical (unpaired) electrons. The maximum Gasteiger partial charge on any atom is 1.00 e. The van der Waals surface area contributed by atoms with Crippen molar-refractivity contribution in [3.05, 3.63) is 47.0 Å². The Morgan fingerprint density at radius 3 is 2.33 bits per heavy atom. The normalized spacial score (nSPS) is 15.5. The fourth-order valence-corrected chi connectivity index (χ4v) is 4.90. The van der Waals surface area contributed by atoms with E-state index >= 15 is 0 Å². The van der Waals surface area contributed by atoms with E-state index in [9.17, 15) is 29.3 Å². The molecule has 1 heterocycles. The number of carbonyl (C=O) groups excluding carboxylic acids is 2. The Bertz CT molecular complexity index is 1020. The van der Waals surface area contributed by atoms with Crippen LogP contribution in [0, 0.1) is 5.82 Å². The summed E-state index contributed by atoms with van der Waals surface area (Å²) in [6.07, 6.45) is 1.85. The van der Waals surface area contributed by atoms with Gasteiger partial charge in [-0.3, -0.25) is 4.79 Å². The molecular formula is C26H35FN3NaO5. The molecule has 0 unspecified atom stereocenters. The monoisotopic (exact) mass is 511 g/mol. The first-order chi connectivity index (χ1) is 16.6. The number of carbonyl (C=O) groups is 2. The minimum absolute atomic E-state index is 0. The van der Waals surface area contributed by atoms with E-state index in [1.165, 1.54) is 12.1 Å². The number of aromatic nitrogens is 2. The summed E-state index contributed by atoms with van der Waals surface area (Å²) in [4.78, 5) is 26.0. The first-order valence-corrected chi connectivity index (χ1v) is 12.3. The maximum absolute atomic E-state index is 13.6. The number of carboxylic acids is 1. The molecule has 0 saturated heterocycles. The third-order valence-electron chi connectivity index (χ3n) is 6.73. The Morgan fingerprint density at radius 2 is 1.78 bits per heavy atom. The summed E-state index contributed by atoms with van der Waals surface area (Å²) in [6.45, 7) is 3.95. The predicted octanol–water partition coefficient (Wildman–Crippen LogP) is -0.662. The molecule has 36 heavy (non-hydrogen) atoms. The predicted molar refractivity (Wildman–Crippen MR) is 127 cm³/mol. The van der Waals surface area contributed by atoms with Crippen LogP contribution in [0.3, 0.4) is 0 Å². The van der Waals surface area contributed by atoms with Crippen molar-refractivity contribution in [2.75, 3.05) is 7.05 Å². The third kappa shape index (κ3) is 7.61. The van der Waals surface area contributed by atoms with E-state index in [-0.39, 0.29) is 66.1 Å². The summed E-state index contributed by atoms with van der Waals surface area (Å²) in [5, 5.41) is 35.7. The average molecular weight is 512 g/mol. The smallest absolute Gasteiger partial charge is 0.550 e. The van der Waals surface area contributed by atoms with E-state index in [0.717, 1.165) is 36.9 Å². The Hall–Kier alpha value is -1.78. The van der Waals surface area contributed by atoms with Gasteiger partial charge in [-0.2, -0.15) is 5.10 Å². The fourth-order valence-electron chi connectivity index (χ4n) is 4.90. The van der Waals surface area contributed by atoms with Crippen LogP contribution in [0.2, 0.25) is 0 Å². The van der Waals surface area contributed by atoms with E-state index in [4.69, 9.17) is 0 Å². The van der Waals surface area contributed by atoms with Crippen LogP contribution in [0.4, 0.5) is 4.39 Å². The van der Waals surface area contributed by atoms with Gasteiger partial charge in [-0.05, 0) is 62.3 Å². The number of benzene rings is 1. The zero-order valence-electron chi connectivity index (χ0n) is 21.6. The molecular weight excluding hydrogens is 476 g/mol. The van der Waals surface area contributed by atoms with Gasteiger partial charge < -0.3 is 25.0 Å². The summed E-state index contributed by atoms with van der Waals surface area (Å²) in [6, 6.07) is 6.00. The van der Waals surface area contributed by atoms with Gasteiger partial charge in [0, 0.05) is 36.7 Å². The van der Waals surface area contributed by atoms with Gasteiger partial charge in [-0.25, -0.2) is 9.07 Å². The van der Waals surface area contributed by atoms with E-state index < -0.39 is 24.6 Å². The molecule has 2 N–H and O–H groups in total. The van der Waals surface area contributed by atoms with Gasteiger partial charge in [0.15, 0.2) is 5.69 Å². The molecule has 1 aliphatic rings. The second-order valence-electron chi connectivity index (χ2n) is 9.76. The van der Waals surface area contributed by atoms with Gasteiger partial charge in [0.1, 0.15) is 5.82 Å². The SMILES string of the molecule is CC(C)c1c(C(=O)N(C)C2CCCC2)nn(-c2ccc(F)cc2)c1CC[C@@H](O)C[C@@H](O)CC(=O)[O-].[Na+]. The van der Waals surface area contributed by atoms with Gasteiger partial charge >= 0.3 is 29.6 Å². The molecule has 0 spiro atoms. The van der Waals surface area contributed by atoms with Crippen LogP contribution in [-0.4, -0.2) is 62.1 Å². The van der Waals surface area contributed by atoms with Crippen molar-refractivity contribution in [2.45, 2.75) is 89.4 Å². The summed E-state index contributed by atoms with van der Waals surface area (Å²) in [5.41, 5.74) is 2.44. The largest absolute Gasteiger partial charge is 1.00 e. The van der Waals surface area contributed by atoms with Crippen molar-refractivity contribution in [3.63, 3.8) is 0 Å². The van der Waals surface area contributed by atoms with Crippen molar-refractivity contribution >= 4 is 11.9 Å². The number of carboxylic acid groups (broad SMARTS) is 1. The van der Waals surface area contributed by atoms with Crippen LogP contribution >= 0.6 is 0 Å². The first-order valence-electron chi connectivity index (χ1n) is 12.3. The molecule has 1 aliphatic carbocycles. The topological polar surface area (TPSA) is 119 Å². The standard InChI is InChI=1S/C26H36FN3O5.Na/c1-16(2)24-22(13-12-20(31)14-21(32)15-23(33)34)30(19-10-8-17(27)9-11-19)28-25(24)26(35)29(3)18-6-4-5-7-18;/h8-11,16,18,20-21,31-32H,4-7,12-15H2,1-3H3,(H,33,34);/q;+1/p-1/t20-,21-;/m1./s1. The molecule has 3 rings (SSSR count). The molecule has 1 aromatic carbocycles. The molecule has 192 valence electrons. The second kappa shape index (κ2) is 13.7. The Kier molecular flexibility index (Phi) is 11.6. The Balaban J connectivity index is 0.00000456. The van der Waals surface area contributed by atoms with Gasteiger partial charge in [-0.15, -0.1) is 0 Å². The second-order valence-corrected chi connectivity index (χ2v) is 9.76. The number of aliphatic hydroxyl groups excluding tert-OH is 2. The van der Waals surface area contributed by atoms with Crippen molar-refractivity contribution in [3.8, 4) is 5.69 Å². The van der Waals surface area contributed by atoms with Gasteiger partial charge in [0.05, 0.1) is 17.9 Å². The van der Waals surface area contributed by atoms with Crippen molar-refractivity contribution < 1.29 is 58.9 Å². The molecule has 1 saturated carbocycles. The number of amides is 1. The van der Waals surface area contributed by atoms with E-state index in [0.29, 0.717) is 17.8 Å². The number of hydrogen-bond donors (Lipinski definition) is 2. The van der Waals surface area contributed by atoms with Crippen molar-refractivity contribution in [2.24, 2.45) is 0 Å². The molecule has 2 aromatic rings. The Labute approximate surface area is 233 Å². The Morgan fingerprint density at radius 1 is 1.17 bits per heavy atom. The fraction of sp³-hybridized carbons (Fsp3) is 0.577. The number of rotatable bonds is 11. The number of hydrogen-bond acceptors (Lipinski definition) is 6. The van der Waals surface area contributed by atoms with Crippen LogP contribution in [0.1, 0.15) is 86.5 Å². The molecule has 1 fully saturated rings. The first kappa shape index (κ1) is 30.4. The molecule has 0 bridgehead atoms. The molecule has 1 amide bonds. The minimum Gasteiger partial charge on any atom is -0.550 e. The van der Waals surface area contributed by atoms with Gasteiger partial charge in [0.25, 0.3) is 5.91 Å². The number of nitrogens with zero attached hydrogens (tertiary/aromatic N) is 3. The van der Waals surface area contributed by atoms with Crippen molar-refractivity contribution in [1.29, 1.82) is 0 Å². The molecule has 8 nitrogen and oxygen atoms in total. The van der Waals surface area contributed by atoms with Gasteiger partial charge in [-0.1, -0.05) is 26.7 Å². The molecule has 0 aliphatic heterocycles. The van der Waals surface area contributed by atoms with E-state index in [1.807, 2.05) is 20.9 Å². The summed E-state index contributed by atoms with van der Waals surface area (Å²) < 4.78 is 15.2. The summed E-state index contributed by atoms with van der Waals surface area (Å²) in [5.74, 6) is -1.97. The van der Waals surface area contributed by atoms with Gasteiger partial charge in [0.2, 0.25) is 0 Å². The van der Waals surface area contributed by atoms with Crippen LogP contribution in [-0.2, 0) is 11.2 Å². The third-order valence-corrected chi connectivity index (χ3v) is 6.73. The number of halogens is 1. The maximum atomic E-state index is 13.6. The van der Waals surface area contributed by atoms with Crippen LogP contribution in [0.15, 0.2) is 24.3 Å². The van der Waals surface area contributed by atoms with Crippen LogP contribution in [0.5, 0.6) is 0 Å². The summed E-state index contributed by atoms with van der Waals surface area (Å²) >= 11 is 0.